The monoisotopic (exact) mass is 315 g/mol. The van der Waals surface area contributed by atoms with Crippen LogP contribution < -0.4 is 0 Å². The van der Waals surface area contributed by atoms with Gasteiger partial charge in [0.15, 0.2) is 0 Å². The molecule has 0 aromatic carbocycles. The van der Waals surface area contributed by atoms with Gasteiger partial charge in [-0.05, 0) is 27.2 Å². The second kappa shape index (κ2) is 13.9. The summed E-state index contributed by atoms with van der Waals surface area (Å²) in [6, 6.07) is -0.177. The predicted molar refractivity (Wildman–Crippen MR) is 87.5 cm³/mol. The molecule has 0 spiro atoms. The van der Waals surface area contributed by atoms with Gasteiger partial charge in [-0.2, -0.15) is 0 Å². The van der Waals surface area contributed by atoms with E-state index in [2.05, 4.69) is 11.9 Å². The molecule has 0 saturated heterocycles. The zero-order valence-corrected chi connectivity index (χ0v) is 14.7. The third-order valence-corrected chi connectivity index (χ3v) is 3.45. The summed E-state index contributed by atoms with van der Waals surface area (Å²) in [6.07, 6.45) is 8.82. The van der Waals surface area contributed by atoms with E-state index in [0.717, 1.165) is 19.3 Å². The molecular formula is C17H33NO4. The lowest BCUT2D eigenvalue weighted by molar-refractivity contribution is -0.381. The molecule has 22 heavy (non-hydrogen) atoms. The summed E-state index contributed by atoms with van der Waals surface area (Å²) in [7, 11) is 0. The Balaban J connectivity index is 4.64. The first-order chi connectivity index (χ1) is 10.7. The zero-order chi connectivity index (χ0) is 16.7. The zero-order valence-electron chi connectivity index (χ0n) is 14.7. The number of nitrogens with zero attached hydrogens (tertiary/aromatic N) is 1. The van der Waals surface area contributed by atoms with Gasteiger partial charge < -0.3 is 14.2 Å². The molecule has 0 amide bonds. The highest BCUT2D eigenvalue weighted by atomic mass is 16.9. The first kappa shape index (κ1) is 21.3. The normalized spacial score (nSPS) is 12.9. The number of rotatable bonds is 15. The van der Waals surface area contributed by atoms with Gasteiger partial charge in [-0.15, -0.1) is 0 Å². The van der Waals surface area contributed by atoms with E-state index < -0.39 is 5.97 Å². The third kappa shape index (κ3) is 9.31. The van der Waals surface area contributed by atoms with Crippen molar-refractivity contribution in [2.75, 3.05) is 19.8 Å². The third-order valence-electron chi connectivity index (χ3n) is 3.45. The standard InChI is InChI=1S/C17H33NO4/c1-5-9-10-11-12-13-16(18-15-19)14-17(20-6-2,21-7-3)22-8-4/h16H,5-14H2,1-4H3. The van der Waals surface area contributed by atoms with Crippen LogP contribution in [0.4, 0.5) is 0 Å². The Kier molecular flexibility index (Phi) is 13.4. The first-order valence-corrected chi connectivity index (χ1v) is 8.66. The van der Waals surface area contributed by atoms with E-state index in [1.165, 1.54) is 19.3 Å². The Bertz CT molecular complexity index is 286. The molecule has 0 fully saturated rings. The summed E-state index contributed by atoms with van der Waals surface area (Å²) < 4.78 is 17.1. The topological polar surface area (TPSA) is 57.1 Å². The van der Waals surface area contributed by atoms with Crippen molar-refractivity contribution in [2.24, 2.45) is 4.99 Å². The Morgan fingerprint density at radius 2 is 1.45 bits per heavy atom. The minimum absolute atomic E-state index is 0.177. The van der Waals surface area contributed by atoms with Crippen molar-refractivity contribution >= 4 is 6.08 Å². The van der Waals surface area contributed by atoms with Crippen molar-refractivity contribution in [3.8, 4) is 0 Å². The Labute approximate surface area is 135 Å². The highest BCUT2D eigenvalue weighted by Crippen LogP contribution is 2.26. The Morgan fingerprint density at radius 1 is 0.909 bits per heavy atom. The smallest absolute Gasteiger partial charge is 0.285 e. The summed E-state index contributed by atoms with van der Waals surface area (Å²) in [4.78, 5) is 14.6. The van der Waals surface area contributed by atoms with Crippen molar-refractivity contribution in [3.05, 3.63) is 0 Å². The van der Waals surface area contributed by atoms with Crippen molar-refractivity contribution in [1.82, 2.24) is 0 Å². The molecule has 0 aliphatic carbocycles. The number of ether oxygens (including phenoxy) is 3. The summed E-state index contributed by atoms with van der Waals surface area (Å²) in [5.74, 6) is -1.10. The fraction of sp³-hybridized carbons (Fsp3) is 0.941. The highest BCUT2D eigenvalue weighted by molar-refractivity contribution is 5.33. The van der Waals surface area contributed by atoms with Crippen LogP contribution in [0.25, 0.3) is 0 Å². The van der Waals surface area contributed by atoms with E-state index >= 15 is 0 Å². The highest BCUT2D eigenvalue weighted by Gasteiger charge is 2.35. The molecule has 130 valence electrons. The van der Waals surface area contributed by atoms with E-state index in [1.807, 2.05) is 20.8 Å². The van der Waals surface area contributed by atoms with Gasteiger partial charge in [0.2, 0.25) is 6.08 Å². The SMILES string of the molecule is CCCCCCCC(CC(OCC)(OCC)OCC)N=C=O. The molecule has 0 bridgehead atoms. The summed E-state index contributed by atoms with van der Waals surface area (Å²) in [6.45, 7) is 9.33. The van der Waals surface area contributed by atoms with Crippen LogP contribution in [-0.4, -0.2) is 37.9 Å². The number of hydrogen-bond acceptors (Lipinski definition) is 5. The molecule has 1 unspecified atom stereocenters. The Hall–Kier alpha value is -0.740. The van der Waals surface area contributed by atoms with E-state index in [4.69, 9.17) is 14.2 Å². The largest absolute Gasteiger partial charge is 0.328 e. The molecule has 0 aliphatic heterocycles. The molecule has 5 nitrogen and oxygen atoms in total. The lowest BCUT2D eigenvalue weighted by Crippen LogP contribution is -2.42. The maximum absolute atomic E-state index is 10.7. The van der Waals surface area contributed by atoms with Crippen LogP contribution in [0, 0.1) is 0 Å². The van der Waals surface area contributed by atoms with Gasteiger partial charge in [-0.3, -0.25) is 0 Å². The molecule has 0 N–H and O–H groups in total. The van der Waals surface area contributed by atoms with Gasteiger partial charge >= 0.3 is 0 Å². The van der Waals surface area contributed by atoms with Crippen LogP contribution in [0.2, 0.25) is 0 Å². The minimum atomic E-state index is -1.10. The fourth-order valence-corrected chi connectivity index (χ4v) is 2.52. The molecule has 0 aromatic rings. The predicted octanol–water partition coefficient (Wildman–Crippen LogP) is 4.20. The lowest BCUT2D eigenvalue weighted by atomic mass is 10.0. The number of hydrogen-bond donors (Lipinski definition) is 0. The maximum atomic E-state index is 10.7. The van der Waals surface area contributed by atoms with Crippen LogP contribution in [0.3, 0.4) is 0 Å². The molecule has 5 heteroatoms. The van der Waals surface area contributed by atoms with Crippen LogP contribution in [0.1, 0.15) is 72.6 Å². The summed E-state index contributed by atoms with van der Waals surface area (Å²) in [5, 5.41) is 0. The van der Waals surface area contributed by atoms with Crippen molar-refractivity contribution < 1.29 is 19.0 Å². The minimum Gasteiger partial charge on any atom is -0.328 e. The molecule has 0 aliphatic rings. The lowest BCUT2D eigenvalue weighted by Gasteiger charge is -2.34. The van der Waals surface area contributed by atoms with Gasteiger partial charge in [0.1, 0.15) is 0 Å². The van der Waals surface area contributed by atoms with E-state index in [1.54, 1.807) is 6.08 Å². The average molecular weight is 315 g/mol. The molecular weight excluding hydrogens is 282 g/mol. The van der Waals surface area contributed by atoms with Crippen molar-refractivity contribution in [1.29, 1.82) is 0 Å². The quantitative estimate of drug-likeness (QED) is 0.197. The number of aliphatic imine (C=N–C) groups is 1. The fourth-order valence-electron chi connectivity index (χ4n) is 2.52. The van der Waals surface area contributed by atoms with E-state index in [0.29, 0.717) is 26.2 Å². The number of isocyanates is 1. The van der Waals surface area contributed by atoms with Crippen LogP contribution in [0.5, 0.6) is 0 Å². The van der Waals surface area contributed by atoms with E-state index in [-0.39, 0.29) is 6.04 Å². The average Bonchev–Trinajstić information content (AvgIpc) is 2.48. The van der Waals surface area contributed by atoms with Gasteiger partial charge in [0.25, 0.3) is 5.97 Å². The first-order valence-electron chi connectivity index (χ1n) is 8.66. The summed E-state index contributed by atoms with van der Waals surface area (Å²) in [5.41, 5.74) is 0. The van der Waals surface area contributed by atoms with Crippen LogP contribution in [-0.2, 0) is 19.0 Å². The molecule has 0 saturated carbocycles. The van der Waals surface area contributed by atoms with Crippen LogP contribution >= 0.6 is 0 Å². The second-order valence-corrected chi connectivity index (χ2v) is 5.26. The molecule has 0 aromatic heterocycles. The maximum Gasteiger partial charge on any atom is 0.285 e. The van der Waals surface area contributed by atoms with Gasteiger partial charge in [-0.25, -0.2) is 9.79 Å². The van der Waals surface area contributed by atoms with E-state index in [9.17, 15) is 4.79 Å². The molecule has 1 atom stereocenters. The second-order valence-electron chi connectivity index (χ2n) is 5.26. The molecule has 0 radical (unpaired) electrons. The van der Waals surface area contributed by atoms with Gasteiger partial charge in [-0.1, -0.05) is 39.0 Å². The van der Waals surface area contributed by atoms with Gasteiger partial charge in [0, 0.05) is 19.8 Å². The number of carbonyl (C=O) groups excluding carboxylic acids is 1. The Morgan fingerprint density at radius 3 is 1.91 bits per heavy atom. The molecule has 0 rings (SSSR count). The number of unbranched alkanes of at least 4 members (excludes halogenated alkanes) is 4. The van der Waals surface area contributed by atoms with Crippen molar-refractivity contribution in [3.63, 3.8) is 0 Å². The van der Waals surface area contributed by atoms with Crippen LogP contribution in [0.15, 0.2) is 4.99 Å². The van der Waals surface area contributed by atoms with Gasteiger partial charge in [0.05, 0.1) is 12.5 Å². The van der Waals surface area contributed by atoms with Crippen molar-refractivity contribution in [2.45, 2.75) is 84.7 Å². The summed E-state index contributed by atoms with van der Waals surface area (Å²) >= 11 is 0. The molecule has 0 heterocycles.